The van der Waals surface area contributed by atoms with Crippen molar-refractivity contribution in [3.8, 4) is 0 Å². The van der Waals surface area contributed by atoms with Gasteiger partial charge in [-0.2, -0.15) is 0 Å². The largest absolute Gasteiger partial charge is 0.303 e. The van der Waals surface area contributed by atoms with Crippen LogP contribution in [0.25, 0.3) is 5.65 Å². The van der Waals surface area contributed by atoms with Gasteiger partial charge in [0.15, 0.2) is 10.8 Å². The van der Waals surface area contributed by atoms with Gasteiger partial charge >= 0.3 is 0 Å². The third kappa shape index (κ3) is 1.36. The van der Waals surface area contributed by atoms with Crippen LogP contribution in [0.15, 0.2) is 24.8 Å². The first-order chi connectivity index (χ1) is 4.88. The van der Waals surface area contributed by atoms with Crippen LogP contribution < -0.4 is 0 Å². The third-order valence-corrected chi connectivity index (χ3v) is 1.53. The molecule has 2 aromatic rings. The average molecular weight is 234 g/mol. The monoisotopic (exact) mass is 233 g/mol. The third-order valence-electron chi connectivity index (χ3n) is 1.27. The maximum Gasteiger partial charge on any atom is 0.174 e. The lowest BCUT2D eigenvalue weighted by atomic mass is 10.7. The molecule has 2 aromatic heterocycles. The number of fused-ring (bicyclic) bond motifs is 1. The summed E-state index contributed by atoms with van der Waals surface area (Å²) < 4.78 is 1.81. The Morgan fingerprint density at radius 1 is 1.18 bits per heavy atom. The average Bonchev–Trinajstić information content (AvgIpc) is 2.36. The smallest absolute Gasteiger partial charge is 0.174 e. The van der Waals surface area contributed by atoms with Gasteiger partial charge in [-0.1, -0.05) is 11.6 Å². The SMILES string of the molecule is Br.Clc1nccn2ccnc12. The quantitative estimate of drug-likeness (QED) is 0.697. The van der Waals surface area contributed by atoms with Gasteiger partial charge < -0.3 is 4.40 Å². The number of hydrogen-bond donors (Lipinski definition) is 0. The summed E-state index contributed by atoms with van der Waals surface area (Å²) in [5.74, 6) is 0. The molecule has 0 atom stereocenters. The molecule has 0 aromatic carbocycles. The number of aromatic nitrogens is 3. The van der Waals surface area contributed by atoms with Crippen molar-refractivity contribution >= 4 is 34.2 Å². The number of nitrogens with zero attached hydrogens (tertiary/aromatic N) is 3. The van der Waals surface area contributed by atoms with E-state index < -0.39 is 0 Å². The van der Waals surface area contributed by atoms with Crippen molar-refractivity contribution in [1.29, 1.82) is 0 Å². The van der Waals surface area contributed by atoms with Gasteiger partial charge in [-0.15, -0.1) is 17.0 Å². The van der Waals surface area contributed by atoms with Crippen molar-refractivity contribution in [3.63, 3.8) is 0 Å². The van der Waals surface area contributed by atoms with E-state index in [1.54, 1.807) is 18.6 Å². The van der Waals surface area contributed by atoms with E-state index in [1.807, 2.05) is 10.6 Å². The second-order valence-corrected chi connectivity index (χ2v) is 2.23. The minimum atomic E-state index is 0. The molecule has 0 amide bonds. The minimum Gasteiger partial charge on any atom is -0.303 e. The minimum absolute atomic E-state index is 0. The predicted octanol–water partition coefficient (Wildman–Crippen LogP) is 1.96. The Kier molecular flexibility index (Phi) is 2.46. The molecule has 0 spiro atoms. The van der Waals surface area contributed by atoms with Crippen LogP contribution in [0.3, 0.4) is 0 Å². The molecule has 0 bridgehead atoms. The summed E-state index contributed by atoms with van der Waals surface area (Å²) >= 11 is 5.70. The highest BCUT2D eigenvalue weighted by Crippen LogP contribution is 2.09. The van der Waals surface area contributed by atoms with Crippen molar-refractivity contribution in [1.82, 2.24) is 14.4 Å². The van der Waals surface area contributed by atoms with Crippen molar-refractivity contribution in [2.45, 2.75) is 0 Å². The highest BCUT2D eigenvalue weighted by molar-refractivity contribution is 8.93. The zero-order valence-corrected chi connectivity index (χ0v) is 7.91. The Bertz CT molecular complexity index is 359. The molecule has 2 rings (SSSR count). The number of hydrogen-bond acceptors (Lipinski definition) is 2. The van der Waals surface area contributed by atoms with E-state index >= 15 is 0 Å². The molecule has 2 heterocycles. The Hall–Kier alpha value is -0.610. The van der Waals surface area contributed by atoms with Crippen LogP contribution in [0.1, 0.15) is 0 Å². The van der Waals surface area contributed by atoms with E-state index in [2.05, 4.69) is 9.97 Å². The Labute approximate surface area is 78.8 Å². The molecule has 11 heavy (non-hydrogen) atoms. The van der Waals surface area contributed by atoms with E-state index in [0.29, 0.717) is 10.8 Å². The molecule has 0 unspecified atom stereocenters. The molecule has 0 aliphatic carbocycles. The normalized spacial score (nSPS) is 9.55. The van der Waals surface area contributed by atoms with Gasteiger partial charge in [0, 0.05) is 24.8 Å². The van der Waals surface area contributed by atoms with Gasteiger partial charge in [0.1, 0.15) is 0 Å². The van der Waals surface area contributed by atoms with Crippen LogP contribution in [0.2, 0.25) is 5.15 Å². The molecule has 0 aliphatic rings. The van der Waals surface area contributed by atoms with Crippen LogP contribution >= 0.6 is 28.6 Å². The van der Waals surface area contributed by atoms with Crippen LogP contribution in [0, 0.1) is 0 Å². The molecular formula is C6H5BrClN3. The lowest BCUT2D eigenvalue weighted by Crippen LogP contribution is -1.84. The number of imidazole rings is 1. The van der Waals surface area contributed by atoms with Crippen molar-refractivity contribution in [2.75, 3.05) is 0 Å². The van der Waals surface area contributed by atoms with E-state index in [0.717, 1.165) is 0 Å². The standard InChI is InChI=1S/C6H4ClN3.BrH/c7-5-6-9-2-4-10(6)3-1-8-5;/h1-4H;1H. The number of halogens is 2. The van der Waals surface area contributed by atoms with E-state index in [4.69, 9.17) is 11.6 Å². The fourth-order valence-electron chi connectivity index (χ4n) is 0.821. The van der Waals surface area contributed by atoms with Gasteiger partial charge in [-0.05, 0) is 0 Å². The summed E-state index contributed by atoms with van der Waals surface area (Å²) in [6, 6.07) is 0. The van der Waals surface area contributed by atoms with Crippen LogP contribution in [-0.4, -0.2) is 14.4 Å². The van der Waals surface area contributed by atoms with Crippen molar-refractivity contribution < 1.29 is 0 Å². The molecule has 58 valence electrons. The molecular weight excluding hydrogens is 229 g/mol. The van der Waals surface area contributed by atoms with Crippen LogP contribution in [-0.2, 0) is 0 Å². The Morgan fingerprint density at radius 3 is 2.45 bits per heavy atom. The summed E-state index contributed by atoms with van der Waals surface area (Å²) in [5, 5.41) is 0.438. The van der Waals surface area contributed by atoms with Crippen molar-refractivity contribution in [3.05, 3.63) is 29.9 Å². The maximum atomic E-state index is 5.70. The lowest BCUT2D eigenvalue weighted by molar-refractivity contribution is 1.13. The summed E-state index contributed by atoms with van der Waals surface area (Å²) in [6.07, 6.45) is 6.94. The highest BCUT2D eigenvalue weighted by atomic mass is 79.9. The second kappa shape index (κ2) is 3.19. The second-order valence-electron chi connectivity index (χ2n) is 1.88. The van der Waals surface area contributed by atoms with Crippen LogP contribution in [0.4, 0.5) is 0 Å². The summed E-state index contributed by atoms with van der Waals surface area (Å²) in [6.45, 7) is 0. The summed E-state index contributed by atoms with van der Waals surface area (Å²) in [4.78, 5) is 7.85. The summed E-state index contributed by atoms with van der Waals surface area (Å²) in [7, 11) is 0. The van der Waals surface area contributed by atoms with Crippen LogP contribution in [0.5, 0.6) is 0 Å². The molecule has 0 saturated heterocycles. The summed E-state index contributed by atoms with van der Waals surface area (Å²) in [5.41, 5.74) is 0.698. The molecule has 0 radical (unpaired) electrons. The predicted molar refractivity (Wildman–Crippen MR) is 48.3 cm³/mol. The van der Waals surface area contributed by atoms with Gasteiger partial charge in [0.2, 0.25) is 0 Å². The lowest BCUT2D eigenvalue weighted by Gasteiger charge is -1.91. The van der Waals surface area contributed by atoms with Crippen molar-refractivity contribution in [2.24, 2.45) is 0 Å². The molecule has 0 aliphatic heterocycles. The first-order valence-electron chi connectivity index (χ1n) is 2.81. The van der Waals surface area contributed by atoms with E-state index in [9.17, 15) is 0 Å². The highest BCUT2D eigenvalue weighted by Gasteiger charge is 1.97. The van der Waals surface area contributed by atoms with Gasteiger partial charge in [0.25, 0.3) is 0 Å². The zero-order chi connectivity index (χ0) is 6.97. The first kappa shape index (κ1) is 8.49. The Morgan fingerprint density at radius 2 is 1.82 bits per heavy atom. The topological polar surface area (TPSA) is 30.2 Å². The molecule has 0 saturated carbocycles. The fourth-order valence-corrected chi connectivity index (χ4v) is 1.02. The van der Waals surface area contributed by atoms with Gasteiger partial charge in [-0.25, -0.2) is 9.97 Å². The number of rotatable bonds is 0. The fraction of sp³-hybridized carbons (Fsp3) is 0. The maximum absolute atomic E-state index is 5.70. The van der Waals surface area contributed by atoms with Gasteiger partial charge in [-0.3, -0.25) is 0 Å². The molecule has 0 N–H and O–H groups in total. The Balaban J connectivity index is 0.000000605. The van der Waals surface area contributed by atoms with E-state index in [-0.39, 0.29) is 17.0 Å². The zero-order valence-electron chi connectivity index (χ0n) is 5.44. The first-order valence-corrected chi connectivity index (χ1v) is 3.19. The molecule has 5 heteroatoms. The van der Waals surface area contributed by atoms with E-state index in [1.165, 1.54) is 0 Å². The molecule has 3 nitrogen and oxygen atoms in total. The van der Waals surface area contributed by atoms with Gasteiger partial charge in [0.05, 0.1) is 0 Å². The molecule has 0 fully saturated rings.